The van der Waals surface area contributed by atoms with Crippen molar-refractivity contribution in [2.45, 2.75) is 26.9 Å². The van der Waals surface area contributed by atoms with Gasteiger partial charge in [-0.05, 0) is 12.5 Å². The van der Waals surface area contributed by atoms with E-state index in [0.29, 0.717) is 6.10 Å². The van der Waals surface area contributed by atoms with Crippen LogP contribution in [0, 0.1) is 0 Å². The van der Waals surface area contributed by atoms with Gasteiger partial charge in [0.25, 0.3) is 0 Å². The van der Waals surface area contributed by atoms with Crippen LogP contribution in [0.5, 0.6) is 0 Å². The summed E-state index contributed by atoms with van der Waals surface area (Å²) in [4.78, 5) is 0. The van der Waals surface area contributed by atoms with Crippen LogP contribution < -0.4 is 0 Å². The van der Waals surface area contributed by atoms with Gasteiger partial charge in [-0.25, -0.2) is 0 Å². The third kappa shape index (κ3) is 1.60. The van der Waals surface area contributed by atoms with E-state index in [1.165, 1.54) is 5.57 Å². The lowest BCUT2D eigenvalue weighted by molar-refractivity contribution is -0.00723. The molecule has 0 radical (unpaired) electrons. The molecule has 50 valence electrons. The highest BCUT2D eigenvalue weighted by Crippen LogP contribution is 2.11. The van der Waals surface area contributed by atoms with Crippen molar-refractivity contribution in [1.29, 1.82) is 0 Å². The summed E-state index contributed by atoms with van der Waals surface area (Å²) >= 11 is 0. The molecule has 0 aromatic heterocycles. The average Bonchev–Trinajstić information content (AvgIpc) is 1.59. The highest BCUT2D eigenvalue weighted by molar-refractivity contribution is 5.22. The quantitative estimate of drug-likeness (QED) is 0.438. The minimum absolute atomic E-state index is 0.384. The van der Waals surface area contributed by atoms with Gasteiger partial charge in [0.1, 0.15) is 0 Å². The van der Waals surface area contributed by atoms with Crippen LogP contribution in [0.2, 0.25) is 0 Å². The van der Waals surface area contributed by atoms with Gasteiger partial charge < -0.3 is 4.74 Å². The summed E-state index contributed by atoms with van der Waals surface area (Å²) in [6.07, 6.45) is 4.64. The number of rotatable bonds is 0. The van der Waals surface area contributed by atoms with Crippen molar-refractivity contribution in [3.63, 3.8) is 0 Å². The highest BCUT2D eigenvalue weighted by Gasteiger charge is 2.09. The third-order valence-electron chi connectivity index (χ3n) is 1.35. The second-order valence-corrected chi connectivity index (χ2v) is 2.57. The largest absolute Gasteiger partial charge is 0.581 e. The molecule has 1 aliphatic rings. The van der Waals surface area contributed by atoms with Gasteiger partial charge in [-0.2, -0.15) is 0 Å². The Hall–Kier alpha value is -0.720. The Morgan fingerprint density at radius 3 is 2.56 bits per heavy atom. The maximum atomic E-state index is 4.32. The van der Waals surface area contributed by atoms with Gasteiger partial charge >= 0.3 is 0 Å². The van der Waals surface area contributed by atoms with Gasteiger partial charge in [0.2, 0.25) is 5.76 Å². The molecule has 0 saturated heterocycles. The molecule has 1 aliphatic heterocycles. The summed E-state index contributed by atoms with van der Waals surface area (Å²) in [5, 5.41) is 0. The Morgan fingerprint density at radius 2 is 2.11 bits per heavy atom. The van der Waals surface area contributed by atoms with E-state index >= 15 is 0 Å². The predicted octanol–water partition coefficient (Wildman–Crippen LogP) is 1.77. The van der Waals surface area contributed by atoms with Crippen LogP contribution >= 0.6 is 0 Å². The first-order valence-electron chi connectivity index (χ1n) is 3.26. The first-order chi connectivity index (χ1) is 4.18. The minimum atomic E-state index is 0.384. The van der Waals surface area contributed by atoms with E-state index in [1.54, 1.807) is 0 Å². The van der Waals surface area contributed by atoms with Crippen LogP contribution in [0.15, 0.2) is 23.5 Å². The van der Waals surface area contributed by atoms with Gasteiger partial charge in [0, 0.05) is 26.0 Å². The lowest BCUT2D eigenvalue weighted by Crippen LogP contribution is -2.12. The van der Waals surface area contributed by atoms with Crippen molar-refractivity contribution in [2.75, 3.05) is 0 Å². The number of hydrogen-bond acceptors (Lipinski definition) is 0. The standard InChI is InChI=1S/C8H12O/c1-6-4-7(2)9-8(3)5-6/h4-5,7H,1-3H3/p+1. The average molecular weight is 125 g/mol. The van der Waals surface area contributed by atoms with Crippen molar-refractivity contribution < 1.29 is 4.74 Å². The minimum Gasteiger partial charge on any atom is -0.581 e. The zero-order valence-corrected chi connectivity index (χ0v) is 6.18. The topological polar surface area (TPSA) is 12.8 Å². The normalized spacial score (nSPS) is 26.3. The van der Waals surface area contributed by atoms with E-state index in [1.807, 2.05) is 6.92 Å². The van der Waals surface area contributed by atoms with Gasteiger partial charge in [-0.1, -0.05) is 0 Å². The Labute approximate surface area is 56.0 Å². The molecule has 0 spiro atoms. The molecule has 1 heteroatoms. The Bertz CT molecular complexity index is 165. The molecular weight excluding hydrogens is 112 g/mol. The summed E-state index contributed by atoms with van der Waals surface area (Å²) in [6, 6.07) is 0. The molecule has 0 aromatic carbocycles. The van der Waals surface area contributed by atoms with E-state index in [-0.39, 0.29) is 0 Å². The van der Waals surface area contributed by atoms with Crippen LogP contribution in [-0.4, -0.2) is 10.8 Å². The van der Waals surface area contributed by atoms with Crippen molar-refractivity contribution in [2.24, 2.45) is 0 Å². The number of allylic oxidation sites excluding steroid dienone is 3. The highest BCUT2D eigenvalue weighted by atomic mass is 16.5. The number of hydrogen-bond donors (Lipinski definition) is 0. The van der Waals surface area contributed by atoms with Crippen LogP contribution in [0.25, 0.3) is 0 Å². The second kappa shape index (κ2) is 2.26. The van der Waals surface area contributed by atoms with E-state index in [9.17, 15) is 0 Å². The van der Waals surface area contributed by atoms with E-state index in [0.717, 1.165) is 5.76 Å². The summed E-state index contributed by atoms with van der Waals surface area (Å²) in [5.74, 6) is 1.14. The first kappa shape index (κ1) is 6.40. The molecule has 9 heavy (non-hydrogen) atoms. The van der Waals surface area contributed by atoms with Gasteiger partial charge in [0.15, 0.2) is 6.10 Å². The molecule has 1 N–H and O–H groups in total. The SMILES string of the molecule is CC1=CC(C)[OH+]C(C)=C1. The lowest BCUT2D eigenvalue weighted by Gasteiger charge is -2.13. The molecule has 0 bridgehead atoms. The van der Waals surface area contributed by atoms with Crippen LogP contribution in [0.4, 0.5) is 0 Å². The number of aliphatic hydroxyl groups is 2. The molecule has 1 nitrogen and oxygen atoms in total. The van der Waals surface area contributed by atoms with Crippen molar-refractivity contribution >= 4 is 0 Å². The summed E-state index contributed by atoms with van der Waals surface area (Å²) < 4.78 is 4.32. The molecule has 0 aromatic rings. The Kier molecular flexibility index (Phi) is 1.60. The van der Waals surface area contributed by atoms with E-state index < -0.39 is 0 Å². The molecule has 0 fully saturated rings. The van der Waals surface area contributed by atoms with Crippen molar-refractivity contribution in [3.05, 3.63) is 23.5 Å². The maximum Gasteiger partial charge on any atom is 0.227 e. The third-order valence-corrected chi connectivity index (χ3v) is 1.35. The number of ether oxygens (including phenoxy) is 1. The molecule has 0 amide bonds. The molecule has 0 aliphatic carbocycles. The zero-order valence-electron chi connectivity index (χ0n) is 6.18. The predicted molar refractivity (Wildman–Crippen MR) is 39.2 cm³/mol. The van der Waals surface area contributed by atoms with Crippen molar-refractivity contribution in [1.82, 2.24) is 0 Å². The van der Waals surface area contributed by atoms with Crippen molar-refractivity contribution in [3.8, 4) is 0 Å². The van der Waals surface area contributed by atoms with E-state index in [4.69, 9.17) is 0 Å². The monoisotopic (exact) mass is 125 g/mol. The summed E-state index contributed by atoms with van der Waals surface area (Å²) in [6.45, 7) is 6.24. The lowest BCUT2D eigenvalue weighted by atomic mass is 10.2. The zero-order chi connectivity index (χ0) is 6.85. The maximum absolute atomic E-state index is 4.32. The van der Waals surface area contributed by atoms with Gasteiger partial charge in [-0.15, -0.1) is 0 Å². The molecule has 0 saturated carbocycles. The summed E-state index contributed by atoms with van der Waals surface area (Å²) in [7, 11) is 0. The molecular formula is C8H13O+. The van der Waals surface area contributed by atoms with Crippen LogP contribution in [0.1, 0.15) is 20.8 Å². The smallest absolute Gasteiger partial charge is 0.227 e. The molecule has 1 heterocycles. The van der Waals surface area contributed by atoms with E-state index in [2.05, 4.69) is 30.7 Å². The first-order valence-corrected chi connectivity index (χ1v) is 3.26. The fourth-order valence-electron chi connectivity index (χ4n) is 1.15. The molecule has 1 rings (SSSR count). The summed E-state index contributed by atoms with van der Waals surface area (Å²) in [5.41, 5.74) is 1.33. The fraction of sp³-hybridized carbons (Fsp3) is 0.500. The Morgan fingerprint density at radius 1 is 1.44 bits per heavy atom. The molecule has 1 unspecified atom stereocenters. The van der Waals surface area contributed by atoms with Crippen LogP contribution in [-0.2, 0) is 0 Å². The van der Waals surface area contributed by atoms with Gasteiger partial charge in [0.05, 0.1) is 0 Å². The second-order valence-electron chi connectivity index (χ2n) is 2.57. The van der Waals surface area contributed by atoms with Crippen LogP contribution in [0.3, 0.4) is 0 Å². The fourth-order valence-corrected chi connectivity index (χ4v) is 1.15. The Balaban J connectivity index is 2.74. The molecule has 1 atom stereocenters. The van der Waals surface area contributed by atoms with Gasteiger partial charge in [-0.3, -0.25) is 0 Å².